The van der Waals surface area contributed by atoms with E-state index in [0.717, 1.165) is 19.3 Å². The molecule has 0 bridgehead atoms. The number of hydrogen-bond acceptors (Lipinski definition) is 5. The Hall–Kier alpha value is -3.48. The number of carbonyl (C=O) groups is 4. The fraction of sp³-hybridized carbons (Fsp3) is 0.273. The van der Waals surface area contributed by atoms with Gasteiger partial charge in [0.05, 0.1) is 6.42 Å². The summed E-state index contributed by atoms with van der Waals surface area (Å²) in [6.45, 7) is -0.541. The molecule has 1 aliphatic carbocycles. The molecule has 0 radical (unpaired) electrons. The second-order valence-electron chi connectivity index (χ2n) is 6.79. The molecule has 150 valence electrons. The van der Waals surface area contributed by atoms with Crippen LogP contribution in [0.25, 0.3) is 0 Å². The van der Waals surface area contributed by atoms with E-state index >= 15 is 0 Å². The molecular weight excluding hydrogens is 372 g/mol. The molecule has 0 atom stereocenters. The molecule has 29 heavy (non-hydrogen) atoms. The Bertz CT molecular complexity index is 924. The highest BCUT2D eigenvalue weighted by Crippen LogP contribution is 2.23. The molecule has 3 rings (SSSR count). The molecule has 2 aromatic carbocycles. The van der Waals surface area contributed by atoms with Crippen LogP contribution in [0.3, 0.4) is 0 Å². The van der Waals surface area contributed by atoms with Crippen molar-refractivity contribution in [3.05, 3.63) is 70.8 Å². The van der Waals surface area contributed by atoms with Crippen LogP contribution in [0.2, 0.25) is 0 Å². The van der Waals surface area contributed by atoms with E-state index in [0.29, 0.717) is 11.1 Å². The van der Waals surface area contributed by atoms with Crippen LogP contribution in [-0.4, -0.2) is 30.2 Å². The number of rotatable bonds is 7. The molecule has 0 aromatic heterocycles. The van der Waals surface area contributed by atoms with Gasteiger partial charge in [-0.15, -0.1) is 0 Å². The van der Waals surface area contributed by atoms with E-state index in [-0.39, 0.29) is 18.6 Å². The Morgan fingerprint density at radius 1 is 0.828 bits per heavy atom. The van der Waals surface area contributed by atoms with Crippen LogP contribution in [0.5, 0.6) is 0 Å². The minimum Gasteiger partial charge on any atom is -0.455 e. The van der Waals surface area contributed by atoms with Crippen molar-refractivity contribution in [3.8, 4) is 0 Å². The third kappa shape index (κ3) is 5.75. The highest BCUT2D eigenvalue weighted by Gasteiger charge is 2.16. The van der Waals surface area contributed by atoms with Gasteiger partial charge in [0.15, 0.2) is 12.4 Å². The molecular formula is C22H22N2O5. The summed E-state index contributed by atoms with van der Waals surface area (Å²) < 4.78 is 4.85. The summed E-state index contributed by atoms with van der Waals surface area (Å²) >= 11 is 0. The molecule has 0 saturated carbocycles. The predicted molar refractivity (Wildman–Crippen MR) is 105 cm³/mol. The van der Waals surface area contributed by atoms with Crippen LogP contribution in [0.1, 0.15) is 51.1 Å². The average Bonchev–Trinajstić information content (AvgIpc) is 3.22. The zero-order valence-corrected chi connectivity index (χ0v) is 15.9. The maximum Gasteiger partial charge on any atom is 0.306 e. The number of ether oxygens (including phenoxy) is 1. The van der Waals surface area contributed by atoms with Gasteiger partial charge in [-0.25, -0.2) is 0 Å². The van der Waals surface area contributed by atoms with Crippen LogP contribution in [0.4, 0.5) is 0 Å². The number of hydrazine groups is 1. The van der Waals surface area contributed by atoms with Crippen LogP contribution >= 0.6 is 0 Å². The second kappa shape index (κ2) is 9.64. The number of nitrogens with one attached hydrogen (secondary N) is 2. The van der Waals surface area contributed by atoms with Crippen molar-refractivity contribution in [2.24, 2.45) is 0 Å². The lowest BCUT2D eigenvalue weighted by molar-refractivity contribution is -0.148. The Morgan fingerprint density at radius 3 is 2.38 bits per heavy atom. The van der Waals surface area contributed by atoms with E-state index in [2.05, 4.69) is 10.9 Å². The molecule has 2 amide bonds. The topological polar surface area (TPSA) is 102 Å². The van der Waals surface area contributed by atoms with Crippen LogP contribution in [0, 0.1) is 0 Å². The SMILES string of the molecule is O=C(COC(=O)CCC(=O)c1ccc2c(c1)CCC2)NNC(=O)c1ccccc1. The zero-order chi connectivity index (χ0) is 20.6. The summed E-state index contributed by atoms with van der Waals surface area (Å²) in [7, 11) is 0. The van der Waals surface area contributed by atoms with Crippen molar-refractivity contribution in [3.63, 3.8) is 0 Å². The quantitative estimate of drug-likeness (QED) is 0.426. The van der Waals surface area contributed by atoms with Crippen molar-refractivity contribution in [2.75, 3.05) is 6.61 Å². The molecule has 1 aliphatic rings. The summed E-state index contributed by atoms with van der Waals surface area (Å²) in [5.74, 6) is -1.93. The number of carbonyl (C=O) groups excluding carboxylic acids is 4. The fourth-order valence-electron chi connectivity index (χ4n) is 3.15. The largest absolute Gasteiger partial charge is 0.455 e. The van der Waals surface area contributed by atoms with Gasteiger partial charge in [-0.1, -0.05) is 30.3 Å². The summed E-state index contributed by atoms with van der Waals surface area (Å²) in [5, 5.41) is 0. The number of aryl methyl sites for hydroxylation is 2. The van der Waals surface area contributed by atoms with Gasteiger partial charge < -0.3 is 4.74 Å². The maximum absolute atomic E-state index is 12.3. The molecule has 2 aromatic rings. The summed E-state index contributed by atoms with van der Waals surface area (Å²) in [6.07, 6.45) is 3.04. The third-order valence-electron chi connectivity index (χ3n) is 4.69. The van der Waals surface area contributed by atoms with E-state index in [1.807, 2.05) is 12.1 Å². The minimum atomic E-state index is -0.674. The Kier molecular flexibility index (Phi) is 6.73. The Balaban J connectivity index is 1.35. The van der Waals surface area contributed by atoms with Gasteiger partial charge in [0.1, 0.15) is 0 Å². The molecule has 0 saturated heterocycles. The first kappa shape index (κ1) is 20.3. The van der Waals surface area contributed by atoms with Crippen LogP contribution < -0.4 is 10.9 Å². The molecule has 0 aliphatic heterocycles. The van der Waals surface area contributed by atoms with Crippen LogP contribution in [0.15, 0.2) is 48.5 Å². The van der Waals surface area contributed by atoms with E-state index in [9.17, 15) is 19.2 Å². The first-order chi connectivity index (χ1) is 14.0. The van der Waals surface area contributed by atoms with Crippen molar-refractivity contribution >= 4 is 23.6 Å². The average molecular weight is 394 g/mol. The highest BCUT2D eigenvalue weighted by molar-refractivity contribution is 5.98. The third-order valence-corrected chi connectivity index (χ3v) is 4.69. The van der Waals surface area contributed by atoms with Gasteiger partial charge in [0, 0.05) is 17.5 Å². The number of esters is 1. The van der Waals surface area contributed by atoms with Gasteiger partial charge in [0.25, 0.3) is 11.8 Å². The number of Topliss-reactive ketones (excluding diaryl/α,β-unsaturated/α-hetero) is 1. The molecule has 7 nitrogen and oxygen atoms in total. The van der Waals surface area contributed by atoms with E-state index in [4.69, 9.17) is 4.74 Å². The lowest BCUT2D eigenvalue weighted by atomic mass is 10.0. The van der Waals surface area contributed by atoms with Gasteiger partial charge in [0.2, 0.25) is 0 Å². The van der Waals surface area contributed by atoms with Gasteiger partial charge in [-0.3, -0.25) is 30.0 Å². The smallest absolute Gasteiger partial charge is 0.306 e. The summed E-state index contributed by atoms with van der Waals surface area (Å²) in [4.78, 5) is 47.5. The van der Waals surface area contributed by atoms with E-state index in [1.54, 1.807) is 36.4 Å². The summed E-state index contributed by atoms with van der Waals surface area (Å²) in [5.41, 5.74) is 7.87. The first-order valence-corrected chi connectivity index (χ1v) is 9.48. The lowest BCUT2D eigenvalue weighted by Gasteiger charge is -2.08. The predicted octanol–water partition coefficient (Wildman–Crippen LogP) is 2.14. The Morgan fingerprint density at radius 2 is 1.59 bits per heavy atom. The zero-order valence-electron chi connectivity index (χ0n) is 15.9. The van der Waals surface area contributed by atoms with Gasteiger partial charge in [-0.05, 0) is 48.6 Å². The van der Waals surface area contributed by atoms with Crippen LogP contribution in [-0.2, 0) is 27.2 Å². The van der Waals surface area contributed by atoms with Crippen molar-refractivity contribution in [1.29, 1.82) is 0 Å². The van der Waals surface area contributed by atoms with Gasteiger partial charge >= 0.3 is 5.97 Å². The lowest BCUT2D eigenvalue weighted by Crippen LogP contribution is -2.43. The fourth-order valence-corrected chi connectivity index (χ4v) is 3.15. The first-order valence-electron chi connectivity index (χ1n) is 9.48. The molecule has 2 N–H and O–H groups in total. The highest BCUT2D eigenvalue weighted by atomic mass is 16.5. The molecule has 0 unspecified atom stereocenters. The number of amides is 2. The Labute approximate surface area is 168 Å². The number of benzene rings is 2. The number of ketones is 1. The van der Waals surface area contributed by atoms with Crippen molar-refractivity contribution in [1.82, 2.24) is 10.9 Å². The minimum absolute atomic E-state index is 0.0178. The van der Waals surface area contributed by atoms with E-state index in [1.165, 1.54) is 11.1 Å². The molecule has 7 heteroatoms. The van der Waals surface area contributed by atoms with Crippen molar-refractivity contribution in [2.45, 2.75) is 32.1 Å². The summed E-state index contributed by atoms with van der Waals surface area (Å²) in [6, 6.07) is 14.0. The standard InChI is InChI=1S/C22H22N2O5/c25-19(18-10-9-15-7-4-8-17(15)13-18)11-12-21(27)29-14-20(26)23-24-22(28)16-5-2-1-3-6-16/h1-3,5-6,9-10,13H,4,7-8,11-12,14H2,(H,23,26)(H,24,28). The number of hydrogen-bond donors (Lipinski definition) is 2. The maximum atomic E-state index is 12.3. The van der Waals surface area contributed by atoms with E-state index < -0.39 is 24.4 Å². The normalized spacial score (nSPS) is 12.0. The number of fused-ring (bicyclic) bond motifs is 1. The molecule has 0 spiro atoms. The monoisotopic (exact) mass is 394 g/mol. The molecule has 0 fully saturated rings. The molecule has 0 heterocycles. The van der Waals surface area contributed by atoms with Gasteiger partial charge in [-0.2, -0.15) is 0 Å². The second-order valence-corrected chi connectivity index (χ2v) is 6.79. The van der Waals surface area contributed by atoms with Crippen molar-refractivity contribution < 1.29 is 23.9 Å².